The van der Waals surface area contributed by atoms with Gasteiger partial charge in [-0.15, -0.1) is 21.5 Å². The van der Waals surface area contributed by atoms with Crippen LogP contribution in [0, 0.1) is 22.7 Å². The molecule has 0 spiro atoms. The van der Waals surface area contributed by atoms with Gasteiger partial charge in [-0.3, -0.25) is 0 Å². The Bertz CT molecular complexity index is 1450. The van der Waals surface area contributed by atoms with E-state index in [0.29, 0.717) is 22.9 Å². The fraction of sp³-hybridized carbons (Fsp3) is 0.333. The smallest absolute Gasteiger partial charge is 0.247 e. The highest BCUT2D eigenvalue weighted by molar-refractivity contribution is 7.17. The molecule has 2 aromatic heterocycles. The molecule has 2 heterocycles. The van der Waals surface area contributed by atoms with Gasteiger partial charge in [0.05, 0.1) is 28.0 Å². The number of nitrogens with one attached hydrogen (secondary N) is 1. The first-order valence-corrected chi connectivity index (χ1v) is 15.5. The second-order valence-electron chi connectivity index (χ2n) is 10.3. The van der Waals surface area contributed by atoms with E-state index in [-0.39, 0.29) is 11.1 Å². The zero-order chi connectivity index (χ0) is 26.1. The molecular formula is C27H29N5O2SSi. The van der Waals surface area contributed by atoms with E-state index in [9.17, 15) is 5.26 Å². The molecule has 2 aromatic carbocycles. The molecule has 0 saturated carbocycles. The molecule has 7 nitrogen and oxygen atoms in total. The average molecular weight is 516 g/mol. The van der Waals surface area contributed by atoms with Crippen LogP contribution >= 0.6 is 11.3 Å². The van der Waals surface area contributed by atoms with Crippen molar-refractivity contribution in [3.8, 4) is 23.6 Å². The summed E-state index contributed by atoms with van der Waals surface area (Å²) in [6.07, 6.45) is -0.274. The van der Waals surface area contributed by atoms with Gasteiger partial charge < -0.3 is 14.2 Å². The van der Waals surface area contributed by atoms with Gasteiger partial charge in [-0.2, -0.15) is 10.5 Å². The van der Waals surface area contributed by atoms with Gasteiger partial charge in [0, 0.05) is 16.6 Å². The quantitative estimate of drug-likeness (QED) is 0.258. The SMILES string of the molecule is C[C@H](O[Si](C)(C)C(C)(C)C)[C@@H](Nc1ccc(C#N)c2sccc12)c1nnc(-c2ccc(C#N)cc2)o1. The first-order chi connectivity index (χ1) is 17.0. The highest BCUT2D eigenvalue weighted by Crippen LogP contribution is 2.40. The number of anilines is 1. The minimum atomic E-state index is -2.11. The third-order valence-corrected chi connectivity index (χ3v) is 12.3. The van der Waals surface area contributed by atoms with Gasteiger partial charge in [-0.05, 0) is 72.9 Å². The summed E-state index contributed by atoms with van der Waals surface area (Å²) in [4.78, 5) is 0. The molecule has 184 valence electrons. The predicted molar refractivity (Wildman–Crippen MR) is 145 cm³/mol. The Morgan fingerprint density at radius 1 is 1.03 bits per heavy atom. The van der Waals surface area contributed by atoms with Crippen molar-refractivity contribution in [2.45, 2.75) is 58.0 Å². The van der Waals surface area contributed by atoms with Crippen LogP contribution in [0.4, 0.5) is 5.69 Å². The third-order valence-electron chi connectivity index (χ3n) is 6.77. The lowest BCUT2D eigenvalue weighted by molar-refractivity contribution is 0.166. The molecule has 4 aromatic rings. The second-order valence-corrected chi connectivity index (χ2v) is 15.9. The summed E-state index contributed by atoms with van der Waals surface area (Å²) in [5, 5.41) is 33.8. The van der Waals surface area contributed by atoms with Crippen LogP contribution in [-0.2, 0) is 4.43 Å². The number of nitriles is 2. The number of aromatic nitrogens is 2. The van der Waals surface area contributed by atoms with E-state index >= 15 is 0 Å². The van der Waals surface area contributed by atoms with Gasteiger partial charge in [0.15, 0.2) is 8.32 Å². The highest BCUT2D eigenvalue weighted by atomic mass is 32.1. The Labute approximate surface area is 216 Å². The molecule has 0 radical (unpaired) electrons. The van der Waals surface area contributed by atoms with E-state index in [1.807, 2.05) is 30.5 Å². The maximum atomic E-state index is 9.51. The molecule has 36 heavy (non-hydrogen) atoms. The van der Waals surface area contributed by atoms with E-state index in [0.717, 1.165) is 21.3 Å². The van der Waals surface area contributed by atoms with E-state index in [2.05, 4.69) is 61.5 Å². The van der Waals surface area contributed by atoms with Crippen LogP contribution in [0.1, 0.15) is 50.8 Å². The number of fused-ring (bicyclic) bond motifs is 1. The molecule has 9 heteroatoms. The van der Waals surface area contributed by atoms with E-state index < -0.39 is 14.4 Å². The van der Waals surface area contributed by atoms with Crippen LogP contribution in [0.3, 0.4) is 0 Å². The van der Waals surface area contributed by atoms with Crippen LogP contribution in [-0.4, -0.2) is 24.6 Å². The summed E-state index contributed by atoms with van der Waals surface area (Å²) >= 11 is 1.54. The van der Waals surface area contributed by atoms with Crippen molar-refractivity contribution in [2.24, 2.45) is 0 Å². The van der Waals surface area contributed by atoms with Gasteiger partial charge in [0.2, 0.25) is 11.8 Å². The monoisotopic (exact) mass is 515 g/mol. The van der Waals surface area contributed by atoms with Crippen molar-refractivity contribution in [1.29, 1.82) is 10.5 Å². The Balaban J connectivity index is 1.72. The lowest BCUT2D eigenvalue weighted by atomic mass is 10.1. The van der Waals surface area contributed by atoms with Crippen LogP contribution in [0.15, 0.2) is 52.3 Å². The zero-order valence-corrected chi connectivity index (χ0v) is 23.1. The number of benzene rings is 2. The molecule has 4 rings (SSSR count). The normalized spacial score (nSPS) is 13.7. The topological polar surface area (TPSA) is 108 Å². The molecule has 0 aliphatic carbocycles. The predicted octanol–water partition coefficient (Wildman–Crippen LogP) is 7.26. The summed E-state index contributed by atoms with van der Waals surface area (Å²) in [6, 6.07) is 16.8. The van der Waals surface area contributed by atoms with Gasteiger partial charge in [0.1, 0.15) is 12.1 Å². The summed E-state index contributed by atoms with van der Waals surface area (Å²) in [7, 11) is -2.11. The first-order valence-electron chi connectivity index (χ1n) is 11.7. The number of rotatable bonds is 7. The molecule has 1 N–H and O–H groups in total. The maximum absolute atomic E-state index is 9.51. The lowest BCUT2D eigenvalue weighted by Gasteiger charge is -2.40. The molecular weight excluding hydrogens is 486 g/mol. The van der Waals surface area contributed by atoms with Crippen LogP contribution in [0.5, 0.6) is 0 Å². The molecule has 0 fully saturated rings. The molecule has 2 atom stereocenters. The van der Waals surface area contributed by atoms with Crippen molar-refractivity contribution in [1.82, 2.24) is 10.2 Å². The summed E-state index contributed by atoms with van der Waals surface area (Å²) in [6.45, 7) is 13.1. The molecule has 0 saturated heterocycles. The highest BCUT2D eigenvalue weighted by Gasteiger charge is 2.41. The second kappa shape index (κ2) is 9.86. The third kappa shape index (κ3) is 5.05. The Morgan fingerprint density at radius 2 is 1.75 bits per heavy atom. The zero-order valence-electron chi connectivity index (χ0n) is 21.3. The average Bonchev–Trinajstić information content (AvgIpc) is 3.52. The van der Waals surface area contributed by atoms with Crippen molar-refractivity contribution in [2.75, 3.05) is 5.32 Å². The van der Waals surface area contributed by atoms with Crippen molar-refractivity contribution in [3.05, 3.63) is 64.9 Å². The lowest BCUT2D eigenvalue weighted by Crippen LogP contribution is -2.45. The minimum absolute atomic E-state index is 0.0311. The minimum Gasteiger partial charge on any atom is -0.418 e. The Morgan fingerprint density at radius 3 is 2.39 bits per heavy atom. The van der Waals surface area contributed by atoms with Crippen molar-refractivity contribution in [3.63, 3.8) is 0 Å². The van der Waals surface area contributed by atoms with Crippen LogP contribution in [0.25, 0.3) is 21.5 Å². The summed E-state index contributed by atoms with van der Waals surface area (Å²) in [5.41, 5.74) is 2.82. The van der Waals surface area contributed by atoms with E-state index in [1.165, 1.54) is 0 Å². The van der Waals surface area contributed by atoms with Gasteiger partial charge in [0.25, 0.3) is 0 Å². The van der Waals surface area contributed by atoms with E-state index in [1.54, 1.807) is 35.6 Å². The fourth-order valence-corrected chi connectivity index (χ4v) is 6.00. The number of thiophene rings is 1. The largest absolute Gasteiger partial charge is 0.418 e. The fourth-order valence-electron chi connectivity index (χ4n) is 3.70. The van der Waals surface area contributed by atoms with Gasteiger partial charge >= 0.3 is 0 Å². The van der Waals surface area contributed by atoms with Gasteiger partial charge in [-0.1, -0.05) is 20.8 Å². The Hall–Kier alpha value is -3.50. The molecule has 0 aliphatic heterocycles. The molecule has 0 amide bonds. The van der Waals surface area contributed by atoms with E-state index in [4.69, 9.17) is 14.1 Å². The number of hydrogen-bond acceptors (Lipinski definition) is 8. The molecule has 0 unspecified atom stereocenters. The number of hydrogen-bond donors (Lipinski definition) is 1. The standard InChI is InChI=1S/C27H29N5O2SSi/c1-17(34-36(5,6)27(2,3)4)23(30-22-12-11-20(16-29)24-21(22)13-14-35-24)26-32-31-25(33-26)19-9-7-18(15-28)8-10-19/h7-14,17,23,30H,1-6H3/t17-,23+/m0/s1. The van der Waals surface area contributed by atoms with Crippen LogP contribution < -0.4 is 5.32 Å². The molecule has 0 bridgehead atoms. The summed E-state index contributed by atoms with van der Waals surface area (Å²) in [5.74, 6) is 0.787. The Kier molecular flexibility index (Phi) is 7.01. The van der Waals surface area contributed by atoms with Crippen LogP contribution in [0.2, 0.25) is 18.1 Å². The molecule has 0 aliphatic rings. The summed E-state index contributed by atoms with van der Waals surface area (Å²) < 4.78 is 13.8. The number of nitrogens with zero attached hydrogens (tertiary/aromatic N) is 4. The van der Waals surface area contributed by atoms with Gasteiger partial charge in [-0.25, -0.2) is 0 Å². The van der Waals surface area contributed by atoms with Crippen molar-refractivity contribution < 1.29 is 8.84 Å². The van der Waals surface area contributed by atoms with Crippen molar-refractivity contribution >= 4 is 35.4 Å². The maximum Gasteiger partial charge on any atom is 0.247 e. The first kappa shape index (κ1) is 25.6.